The monoisotopic (exact) mass is 468 g/mol. The van der Waals surface area contributed by atoms with Crippen molar-refractivity contribution in [2.45, 2.75) is 38.8 Å². The van der Waals surface area contributed by atoms with Gasteiger partial charge in [0.2, 0.25) is 5.88 Å². The standard InChI is InChI=1S/C24H29FN6O3/c1-4-34-23-17-8-7-16(24(32)27-10-5-6-18-14(2)29-31-30-18)12-19(17)28-22(21(23)25)15-9-11-26-20(13-15)33-3/h7-9,11-14,18,29-31H,4-6,10H2,1-3H3,(H,27,32). The highest BCUT2D eigenvalue weighted by molar-refractivity contribution is 5.99. The van der Waals surface area contributed by atoms with E-state index in [-0.39, 0.29) is 24.0 Å². The van der Waals surface area contributed by atoms with Gasteiger partial charge in [0.15, 0.2) is 11.6 Å². The van der Waals surface area contributed by atoms with Gasteiger partial charge in [-0.05, 0) is 51.0 Å². The summed E-state index contributed by atoms with van der Waals surface area (Å²) in [6.45, 7) is 4.71. The third kappa shape index (κ3) is 5.09. The Kier molecular flexibility index (Phi) is 7.51. The predicted octanol–water partition coefficient (Wildman–Crippen LogP) is 2.72. The number of aromatic nitrogens is 2. The molecule has 0 bridgehead atoms. The summed E-state index contributed by atoms with van der Waals surface area (Å²) < 4.78 is 26.2. The van der Waals surface area contributed by atoms with Crippen LogP contribution in [0.2, 0.25) is 0 Å². The van der Waals surface area contributed by atoms with E-state index in [1.165, 1.54) is 13.3 Å². The highest BCUT2D eigenvalue weighted by atomic mass is 19.1. The molecule has 9 nitrogen and oxygen atoms in total. The van der Waals surface area contributed by atoms with Crippen molar-refractivity contribution in [2.24, 2.45) is 0 Å². The minimum Gasteiger partial charge on any atom is -0.490 e. The zero-order valence-electron chi connectivity index (χ0n) is 19.4. The second kappa shape index (κ2) is 10.7. The van der Waals surface area contributed by atoms with Gasteiger partial charge >= 0.3 is 0 Å². The Labute approximate surface area is 197 Å². The number of carbonyl (C=O) groups is 1. The van der Waals surface area contributed by atoms with Gasteiger partial charge in [0.25, 0.3) is 5.91 Å². The molecule has 0 spiro atoms. The number of hydrogen-bond donors (Lipinski definition) is 4. The number of ether oxygens (including phenoxy) is 2. The molecule has 1 aromatic carbocycles. The van der Waals surface area contributed by atoms with Gasteiger partial charge in [-0.25, -0.2) is 25.2 Å². The normalized spacial score (nSPS) is 17.6. The summed E-state index contributed by atoms with van der Waals surface area (Å²) in [4.78, 5) is 21.3. The van der Waals surface area contributed by atoms with Crippen molar-refractivity contribution in [2.75, 3.05) is 20.3 Å². The Hall–Kier alpha value is -3.34. The fraction of sp³-hybridized carbons (Fsp3) is 0.375. The molecule has 3 heterocycles. The number of rotatable bonds is 9. The lowest BCUT2D eigenvalue weighted by Crippen LogP contribution is -2.34. The lowest BCUT2D eigenvalue weighted by atomic mass is 10.1. The van der Waals surface area contributed by atoms with Crippen LogP contribution in [0.25, 0.3) is 22.2 Å². The molecule has 1 fully saturated rings. The molecule has 0 radical (unpaired) electrons. The molecule has 1 amide bonds. The number of amides is 1. The van der Waals surface area contributed by atoms with Crippen LogP contribution >= 0.6 is 0 Å². The van der Waals surface area contributed by atoms with Gasteiger partial charge in [-0.3, -0.25) is 4.79 Å². The first kappa shape index (κ1) is 23.8. The lowest BCUT2D eigenvalue weighted by Gasteiger charge is -2.14. The first-order valence-corrected chi connectivity index (χ1v) is 11.3. The number of fused-ring (bicyclic) bond motifs is 1. The zero-order valence-corrected chi connectivity index (χ0v) is 19.4. The molecule has 2 unspecified atom stereocenters. The maximum Gasteiger partial charge on any atom is 0.251 e. The average Bonchev–Trinajstić information content (AvgIpc) is 3.27. The minimum atomic E-state index is -0.571. The van der Waals surface area contributed by atoms with Crippen LogP contribution in [0.4, 0.5) is 4.39 Å². The van der Waals surface area contributed by atoms with E-state index in [1.807, 2.05) is 0 Å². The Morgan fingerprint density at radius 1 is 1.24 bits per heavy atom. The fourth-order valence-electron chi connectivity index (χ4n) is 3.92. The summed E-state index contributed by atoms with van der Waals surface area (Å²) in [6, 6.07) is 8.86. The SMILES string of the molecule is CCOc1c(F)c(-c2ccnc(OC)c2)nc2cc(C(=O)NCCCC3NNNC3C)ccc12. The first-order valence-electron chi connectivity index (χ1n) is 11.3. The number of halogens is 1. The minimum absolute atomic E-state index is 0.102. The molecule has 2 aromatic heterocycles. The third-order valence-corrected chi connectivity index (χ3v) is 5.79. The Bertz CT molecular complexity index is 1170. The number of benzene rings is 1. The van der Waals surface area contributed by atoms with Crippen molar-refractivity contribution in [3.63, 3.8) is 0 Å². The van der Waals surface area contributed by atoms with E-state index in [1.54, 1.807) is 37.3 Å². The van der Waals surface area contributed by atoms with E-state index >= 15 is 4.39 Å². The summed E-state index contributed by atoms with van der Waals surface area (Å²) in [6.07, 6.45) is 3.27. The first-order chi connectivity index (χ1) is 16.5. The van der Waals surface area contributed by atoms with Crippen LogP contribution < -0.4 is 31.2 Å². The topological polar surface area (TPSA) is 109 Å². The highest BCUT2D eigenvalue weighted by Crippen LogP contribution is 2.35. The van der Waals surface area contributed by atoms with E-state index in [4.69, 9.17) is 9.47 Å². The van der Waals surface area contributed by atoms with Gasteiger partial charge in [0.05, 0.1) is 19.2 Å². The molecule has 2 atom stereocenters. The van der Waals surface area contributed by atoms with Gasteiger partial charge in [-0.1, -0.05) is 0 Å². The van der Waals surface area contributed by atoms with Gasteiger partial charge in [0, 0.05) is 47.4 Å². The summed E-state index contributed by atoms with van der Waals surface area (Å²) in [5.41, 5.74) is 10.7. The Morgan fingerprint density at radius 2 is 2.09 bits per heavy atom. The number of nitrogens with one attached hydrogen (secondary N) is 4. The molecule has 4 rings (SSSR count). The van der Waals surface area contributed by atoms with Crippen LogP contribution in [-0.4, -0.2) is 48.2 Å². The van der Waals surface area contributed by atoms with E-state index < -0.39 is 5.82 Å². The number of carbonyl (C=O) groups excluding carboxylic acids is 1. The molecule has 3 aromatic rings. The molecular formula is C24H29FN6O3. The third-order valence-electron chi connectivity index (χ3n) is 5.79. The fourth-order valence-corrected chi connectivity index (χ4v) is 3.92. The van der Waals surface area contributed by atoms with E-state index in [9.17, 15) is 4.79 Å². The number of hydrogen-bond acceptors (Lipinski definition) is 8. The summed E-state index contributed by atoms with van der Waals surface area (Å²) in [7, 11) is 1.49. The van der Waals surface area contributed by atoms with Crippen LogP contribution in [0, 0.1) is 5.82 Å². The molecular weight excluding hydrogens is 439 g/mol. The van der Waals surface area contributed by atoms with E-state index in [0.29, 0.717) is 46.5 Å². The van der Waals surface area contributed by atoms with Crippen molar-refractivity contribution < 1.29 is 18.7 Å². The second-order valence-electron chi connectivity index (χ2n) is 8.06. The van der Waals surface area contributed by atoms with Crippen molar-refractivity contribution >= 4 is 16.8 Å². The Morgan fingerprint density at radius 3 is 2.82 bits per heavy atom. The average molecular weight is 469 g/mol. The maximum absolute atomic E-state index is 15.4. The molecule has 180 valence electrons. The quantitative estimate of drug-likeness (QED) is 0.355. The molecule has 0 aliphatic carbocycles. The van der Waals surface area contributed by atoms with Crippen molar-refractivity contribution in [1.82, 2.24) is 31.7 Å². The highest BCUT2D eigenvalue weighted by Gasteiger charge is 2.22. The molecule has 1 aliphatic rings. The van der Waals surface area contributed by atoms with Gasteiger partial charge < -0.3 is 14.8 Å². The van der Waals surface area contributed by atoms with Crippen molar-refractivity contribution in [1.29, 1.82) is 0 Å². The molecule has 1 saturated heterocycles. The molecule has 34 heavy (non-hydrogen) atoms. The zero-order chi connectivity index (χ0) is 24.1. The maximum atomic E-state index is 15.4. The van der Waals surface area contributed by atoms with Crippen LogP contribution in [0.15, 0.2) is 36.5 Å². The summed E-state index contributed by atoms with van der Waals surface area (Å²) in [5.74, 6) is -0.329. The number of pyridine rings is 2. The summed E-state index contributed by atoms with van der Waals surface area (Å²) >= 11 is 0. The van der Waals surface area contributed by atoms with E-state index in [0.717, 1.165) is 12.8 Å². The molecule has 10 heteroatoms. The molecule has 4 N–H and O–H groups in total. The van der Waals surface area contributed by atoms with Crippen molar-refractivity contribution in [3.8, 4) is 22.9 Å². The predicted molar refractivity (Wildman–Crippen MR) is 127 cm³/mol. The van der Waals surface area contributed by atoms with Gasteiger partial charge in [-0.2, -0.15) is 5.53 Å². The van der Waals surface area contributed by atoms with Crippen LogP contribution in [0.3, 0.4) is 0 Å². The van der Waals surface area contributed by atoms with Gasteiger partial charge in [-0.15, -0.1) is 0 Å². The molecule has 1 aliphatic heterocycles. The van der Waals surface area contributed by atoms with E-state index in [2.05, 4.69) is 38.6 Å². The number of nitrogens with zero attached hydrogens (tertiary/aromatic N) is 2. The molecule has 0 saturated carbocycles. The lowest BCUT2D eigenvalue weighted by molar-refractivity contribution is 0.0952. The number of hydrazine groups is 2. The van der Waals surface area contributed by atoms with Crippen LogP contribution in [0.1, 0.15) is 37.0 Å². The summed E-state index contributed by atoms with van der Waals surface area (Å²) in [5, 5.41) is 3.45. The second-order valence-corrected chi connectivity index (χ2v) is 8.06. The smallest absolute Gasteiger partial charge is 0.251 e. The van der Waals surface area contributed by atoms with Gasteiger partial charge in [0.1, 0.15) is 5.69 Å². The van der Waals surface area contributed by atoms with Crippen LogP contribution in [-0.2, 0) is 0 Å². The number of methoxy groups -OCH3 is 1. The van der Waals surface area contributed by atoms with Crippen LogP contribution in [0.5, 0.6) is 11.6 Å². The van der Waals surface area contributed by atoms with Crippen molar-refractivity contribution in [3.05, 3.63) is 47.9 Å². The largest absolute Gasteiger partial charge is 0.490 e. The Balaban J connectivity index is 1.57.